The second kappa shape index (κ2) is 13.2. The molecule has 6 aliphatic heterocycles. The van der Waals surface area contributed by atoms with Gasteiger partial charge in [-0.15, -0.1) is 0 Å². The molecule has 0 saturated carbocycles. The van der Waals surface area contributed by atoms with Crippen molar-refractivity contribution in [3.8, 4) is 11.5 Å². The van der Waals surface area contributed by atoms with Crippen molar-refractivity contribution >= 4 is 29.3 Å². The fraction of sp³-hybridized carbons (Fsp3) is 0.649. The first-order valence-electron chi connectivity index (χ1n) is 17.3. The first-order chi connectivity index (χ1) is 22.5. The van der Waals surface area contributed by atoms with E-state index in [-0.39, 0.29) is 23.7 Å². The smallest absolute Gasteiger partial charge is 0.410 e. The molecule has 4 unspecified atom stereocenters. The van der Waals surface area contributed by atoms with Gasteiger partial charge in [-0.2, -0.15) is 0 Å². The van der Waals surface area contributed by atoms with Crippen LogP contribution in [-0.2, 0) is 14.2 Å². The average molecular weight is 688 g/mol. The predicted octanol–water partition coefficient (Wildman–Crippen LogP) is 8.01. The topological polar surface area (TPSA) is 78.5 Å². The van der Waals surface area contributed by atoms with Crippen molar-refractivity contribution in [1.29, 1.82) is 0 Å². The Morgan fingerprint density at radius 1 is 0.809 bits per heavy atom. The second-order valence-corrected chi connectivity index (χ2v) is 16.5. The van der Waals surface area contributed by atoms with Gasteiger partial charge in [0.25, 0.3) is 0 Å². The minimum absolute atomic E-state index is 0.0838. The van der Waals surface area contributed by atoms with Crippen molar-refractivity contribution in [2.45, 2.75) is 77.1 Å². The second-order valence-electron chi connectivity index (χ2n) is 15.6. The van der Waals surface area contributed by atoms with Crippen LogP contribution in [0.5, 0.6) is 11.5 Å². The van der Waals surface area contributed by atoms with Crippen molar-refractivity contribution in [2.75, 3.05) is 52.6 Å². The van der Waals surface area contributed by atoms with Gasteiger partial charge in [-0.25, -0.2) is 4.79 Å². The first kappa shape index (κ1) is 33.3. The van der Waals surface area contributed by atoms with E-state index in [4.69, 9.17) is 46.9 Å². The lowest BCUT2D eigenvalue weighted by molar-refractivity contribution is -0.135. The van der Waals surface area contributed by atoms with Gasteiger partial charge in [0.2, 0.25) is 0 Å². The lowest BCUT2D eigenvalue weighted by Gasteiger charge is -2.49. The average Bonchev–Trinajstić information content (AvgIpc) is 3.04. The van der Waals surface area contributed by atoms with E-state index in [0.29, 0.717) is 28.9 Å². The maximum Gasteiger partial charge on any atom is 0.410 e. The molecule has 256 valence electrons. The maximum absolute atomic E-state index is 12.3. The number of fused-ring (bicyclic) bond motifs is 6. The SMILES string of the molecule is CC(C)(C)OC(=O)N1CCC2(CC1)COC1c3ccc(Cl)cc3OCC1C2.Clc1ccc2c(c1)OCC1CC3(CCNCC3)COC21. The van der Waals surface area contributed by atoms with Crippen LogP contribution in [0.25, 0.3) is 0 Å². The summed E-state index contributed by atoms with van der Waals surface area (Å²) in [7, 11) is 0. The fourth-order valence-electron chi connectivity index (χ4n) is 8.50. The van der Waals surface area contributed by atoms with Gasteiger partial charge in [0.05, 0.1) is 38.6 Å². The fourth-order valence-corrected chi connectivity index (χ4v) is 8.83. The third-order valence-corrected chi connectivity index (χ3v) is 11.5. The number of carbonyl (C=O) groups excluding carboxylic acids is 1. The number of carbonyl (C=O) groups is 1. The summed E-state index contributed by atoms with van der Waals surface area (Å²) in [4.78, 5) is 14.2. The molecule has 0 radical (unpaired) electrons. The lowest BCUT2D eigenvalue weighted by Crippen LogP contribution is -2.50. The number of amides is 1. The number of hydrogen-bond donors (Lipinski definition) is 1. The normalized spacial score (nSPS) is 28.7. The highest BCUT2D eigenvalue weighted by atomic mass is 35.5. The van der Waals surface area contributed by atoms with Crippen LogP contribution in [0.3, 0.4) is 0 Å². The largest absolute Gasteiger partial charge is 0.493 e. The molecule has 47 heavy (non-hydrogen) atoms. The van der Waals surface area contributed by atoms with Crippen LogP contribution in [0.2, 0.25) is 10.0 Å². The number of nitrogens with one attached hydrogen (secondary N) is 1. The monoisotopic (exact) mass is 686 g/mol. The lowest BCUT2D eigenvalue weighted by atomic mass is 9.69. The van der Waals surface area contributed by atoms with E-state index < -0.39 is 5.60 Å². The summed E-state index contributed by atoms with van der Waals surface area (Å²) in [6.45, 7) is 12.4. The maximum atomic E-state index is 12.3. The van der Waals surface area contributed by atoms with Crippen molar-refractivity contribution in [3.05, 3.63) is 57.6 Å². The minimum atomic E-state index is -0.455. The summed E-state index contributed by atoms with van der Waals surface area (Å²) in [6.07, 6.45) is 6.71. The molecule has 6 heterocycles. The Balaban J connectivity index is 0.000000156. The Bertz CT molecular complexity index is 1450. The number of halogens is 2. The molecule has 4 atom stereocenters. The third kappa shape index (κ3) is 7.23. The molecule has 0 aliphatic carbocycles. The zero-order chi connectivity index (χ0) is 32.8. The zero-order valence-corrected chi connectivity index (χ0v) is 29.3. The Hall–Kier alpha value is -2.23. The molecule has 2 spiro atoms. The highest BCUT2D eigenvalue weighted by Gasteiger charge is 2.48. The number of piperidine rings is 2. The Morgan fingerprint density at radius 3 is 1.79 bits per heavy atom. The molecule has 8 rings (SSSR count). The van der Waals surface area contributed by atoms with E-state index in [0.717, 1.165) is 87.3 Å². The van der Waals surface area contributed by atoms with E-state index in [1.165, 1.54) is 24.8 Å². The summed E-state index contributed by atoms with van der Waals surface area (Å²) < 4.78 is 30.1. The summed E-state index contributed by atoms with van der Waals surface area (Å²) in [5.41, 5.74) is 2.33. The summed E-state index contributed by atoms with van der Waals surface area (Å²) >= 11 is 12.1. The summed E-state index contributed by atoms with van der Waals surface area (Å²) in [5.74, 6) is 2.58. The van der Waals surface area contributed by atoms with Gasteiger partial charge in [0.1, 0.15) is 17.1 Å². The van der Waals surface area contributed by atoms with Crippen LogP contribution < -0.4 is 14.8 Å². The van der Waals surface area contributed by atoms with E-state index in [9.17, 15) is 4.79 Å². The van der Waals surface area contributed by atoms with Gasteiger partial charge in [-0.05, 0) is 107 Å². The van der Waals surface area contributed by atoms with Gasteiger partial charge in [-0.3, -0.25) is 0 Å². The van der Waals surface area contributed by atoms with E-state index in [2.05, 4.69) is 11.4 Å². The molecular formula is C37H48Cl2N2O6. The Kier molecular flexibility index (Phi) is 9.37. The molecule has 8 nitrogen and oxygen atoms in total. The van der Waals surface area contributed by atoms with Crippen LogP contribution in [0, 0.1) is 22.7 Å². The molecule has 4 fully saturated rings. The van der Waals surface area contributed by atoms with Gasteiger partial charge < -0.3 is 33.9 Å². The molecule has 0 bridgehead atoms. The molecule has 0 aromatic heterocycles. The molecule has 2 aromatic rings. The standard InChI is InChI=1S/C21H28ClNO4.C16H20ClNO2/c1-20(2,3)27-19(24)23-8-6-21(7-9-23)11-14-12-25-17-10-15(22)4-5-16(17)18(14)26-13-21;17-12-1-2-13-14(7-12)19-9-11-8-16(10-20-15(11)13)3-5-18-6-4-16/h4-5,10,14,18H,6-9,11-13H2,1-3H3;1-2,7,11,15,18H,3-6,8-10H2. The van der Waals surface area contributed by atoms with E-state index >= 15 is 0 Å². The Labute approximate surface area is 288 Å². The molecule has 1 N–H and O–H groups in total. The van der Waals surface area contributed by atoms with Crippen molar-refractivity contribution in [3.63, 3.8) is 0 Å². The highest BCUT2D eigenvalue weighted by Crippen LogP contribution is 2.52. The summed E-state index contributed by atoms with van der Waals surface area (Å²) in [5, 5.41) is 4.87. The van der Waals surface area contributed by atoms with Gasteiger partial charge in [0, 0.05) is 46.1 Å². The first-order valence-corrected chi connectivity index (χ1v) is 18.0. The Morgan fingerprint density at radius 2 is 1.30 bits per heavy atom. The molecule has 10 heteroatoms. The predicted molar refractivity (Wildman–Crippen MR) is 182 cm³/mol. The molecule has 4 saturated heterocycles. The third-order valence-electron chi connectivity index (χ3n) is 11.0. The van der Waals surface area contributed by atoms with Crippen LogP contribution in [-0.4, -0.2) is 69.2 Å². The number of nitrogens with zero attached hydrogens (tertiary/aromatic N) is 1. The molecule has 1 amide bonds. The van der Waals surface area contributed by atoms with Gasteiger partial charge in [-0.1, -0.05) is 35.3 Å². The zero-order valence-electron chi connectivity index (χ0n) is 27.8. The number of ether oxygens (including phenoxy) is 5. The number of likely N-dealkylation sites (tertiary alicyclic amines) is 1. The van der Waals surface area contributed by atoms with Crippen LogP contribution in [0.15, 0.2) is 36.4 Å². The van der Waals surface area contributed by atoms with Crippen molar-refractivity contribution in [1.82, 2.24) is 10.2 Å². The van der Waals surface area contributed by atoms with E-state index in [1.807, 2.05) is 56.0 Å². The van der Waals surface area contributed by atoms with Gasteiger partial charge >= 0.3 is 6.09 Å². The summed E-state index contributed by atoms with van der Waals surface area (Å²) in [6, 6.07) is 11.7. The number of benzene rings is 2. The number of rotatable bonds is 0. The quantitative estimate of drug-likeness (QED) is 0.301. The van der Waals surface area contributed by atoms with Gasteiger partial charge in [0.15, 0.2) is 0 Å². The van der Waals surface area contributed by atoms with Crippen LogP contribution in [0.4, 0.5) is 4.79 Å². The van der Waals surface area contributed by atoms with E-state index in [1.54, 1.807) is 0 Å². The molecular weight excluding hydrogens is 639 g/mol. The van der Waals surface area contributed by atoms with Crippen LogP contribution in [0.1, 0.15) is 82.6 Å². The molecule has 6 aliphatic rings. The minimum Gasteiger partial charge on any atom is -0.493 e. The highest BCUT2D eigenvalue weighted by molar-refractivity contribution is 6.31. The van der Waals surface area contributed by atoms with Crippen LogP contribution >= 0.6 is 23.2 Å². The van der Waals surface area contributed by atoms with Crippen molar-refractivity contribution in [2.24, 2.45) is 22.7 Å². The number of hydrogen-bond acceptors (Lipinski definition) is 7. The molecule has 2 aromatic carbocycles. The van der Waals surface area contributed by atoms with Crippen molar-refractivity contribution < 1.29 is 28.5 Å².